The fourth-order valence-electron chi connectivity index (χ4n) is 2.52. The van der Waals surface area contributed by atoms with Crippen LogP contribution in [0.3, 0.4) is 0 Å². The number of ether oxygens (including phenoxy) is 1. The summed E-state index contributed by atoms with van der Waals surface area (Å²) >= 11 is 0. The van der Waals surface area contributed by atoms with E-state index in [9.17, 15) is 4.79 Å². The van der Waals surface area contributed by atoms with E-state index in [1.165, 1.54) is 0 Å². The SMILES string of the molecule is COc1cc(-c2ccc(C#N)cc2)ccc1N1CCNC1=O. The van der Waals surface area contributed by atoms with Gasteiger partial charge in [-0.1, -0.05) is 18.2 Å². The van der Waals surface area contributed by atoms with Gasteiger partial charge in [-0.3, -0.25) is 4.90 Å². The second kappa shape index (κ2) is 5.78. The summed E-state index contributed by atoms with van der Waals surface area (Å²) in [4.78, 5) is 13.5. The minimum Gasteiger partial charge on any atom is -0.495 e. The van der Waals surface area contributed by atoms with Crippen LogP contribution in [0, 0.1) is 11.3 Å². The van der Waals surface area contributed by atoms with Crippen LogP contribution < -0.4 is 15.0 Å². The van der Waals surface area contributed by atoms with Gasteiger partial charge < -0.3 is 10.1 Å². The lowest BCUT2D eigenvalue weighted by Crippen LogP contribution is -2.28. The standard InChI is InChI=1S/C17H15N3O2/c1-22-16-10-14(13-4-2-12(11-18)3-5-13)6-7-15(16)20-9-8-19-17(20)21/h2-7,10H,8-9H2,1H3,(H,19,21). The van der Waals surface area contributed by atoms with Gasteiger partial charge in [0.25, 0.3) is 0 Å². The van der Waals surface area contributed by atoms with Crippen molar-refractivity contribution in [3.63, 3.8) is 0 Å². The van der Waals surface area contributed by atoms with E-state index >= 15 is 0 Å². The van der Waals surface area contributed by atoms with Gasteiger partial charge in [0.15, 0.2) is 0 Å². The Kier molecular flexibility index (Phi) is 3.67. The molecule has 0 saturated carbocycles. The van der Waals surface area contributed by atoms with Crippen molar-refractivity contribution in [3.05, 3.63) is 48.0 Å². The summed E-state index contributed by atoms with van der Waals surface area (Å²) in [5.41, 5.74) is 3.36. The summed E-state index contributed by atoms with van der Waals surface area (Å²) in [6.45, 7) is 1.27. The zero-order valence-electron chi connectivity index (χ0n) is 12.2. The molecule has 1 fully saturated rings. The van der Waals surface area contributed by atoms with Gasteiger partial charge in [-0.05, 0) is 35.4 Å². The first-order valence-corrected chi connectivity index (χ1v) is 6.97. The van der Waals surface area contributed by atoms with Gasteiger partial charge in [0.1, 0.15) is 5.75 Å². The minimum absolute atomic E-state index is 0.107. The molecule has 1 heterocycles. The van der Waals surface area contributed by atoms with Crippen molar-refractivity contribution in [2.75, 3.05) is 25.1 Å². The Hall–Kier alpha value is -3.00. The normalized spacial score (nSPS) is 13.6. The molecular formula is C17H15N3O2. The molecule has 0 unspecified atom stereocenters. The Balaban J connectivity index is 1.97. The summed E-state index contributed by atoms with van der Waals surface area (Å²) in [6, 6.07) is 15.1. The van der Waals surface area contributed by atoms with Gasteiger partial charge >= 0.3 is 6.03 Å². The number of urea groups is 1. The highest BCUT2D eigenvalue weighted by atomic mass is 16.5. The number of hydrogen-bond donors (Lipinski definition) is 1. The summed E-state index contributed by atoms with van der Waals surface area (Å²) in [5, 5.41) is 11.6. The number of anilines is 1. The van der Waals surface area contributed by atoms with Crippen LogP contribution in [0.4, 0.5) is 10.5 Å². The number of nitriles is 1. The van der Waals surface area contributed by atoms with Crippen LogP contribution in [0.25, 0.3) is 11.1 Å². The van der Waals surface area contributed by atoms with Crippen LogP contribution in [0.15, 0.2) is 42.5 Å². The predicted molar refractivity (Wildman–Crippen MR) is 83.9 cm³/mol. The van der Waals surface area contributed by atoms with Gasteiger partial charge in [0.05, 0.1) is 24.4 Å². The Morgan fingerprint density at radius 1 is 1.18 bits per heavy atom. The Bertz CT molecular complexity index is 747. The average Bonchev–Trinajstić information content (AvgIpc) is 3.00. The molecule has 1 saturated heterocycles. The quantitative estimate of drug-likeness (QED) is 0.946. The fraction of sp³-hybridized carbons (Fsp3) is 0.176. The summed E-state index contributed by atoms with van der Waals surface area (Å²) in [5.74, 6) is 0.652. The molecule has 0 atom stereocenters. The molecule has 0 aliphatic carbocycles. The molecule has 0 radical (unpaired) electrons. The third-order valence-electron chi connectivity index (χ3n) is 3.67. The minimum atomic E-state index is -0.107. The zero-order chi connectivity index (χ0) is 15.5. The van der Waals surface area contributed by atoms with E-state index in [0.717, 1.165) is 16.8 Å². The zero-order valence-corrected chi connectivity index (χ0v) is 12.2. The van der Waals surface area contributed by atoms with Crippen molar-refractivity contribution in [2.45, 2.75) is 0 Å². The van der Waals surface area contributed by atoms with E-state index in [2.05, 4.69) is 11.4 Å². The average molecular weight is 293 g/mol. The lowest BCUT2D eigenvalue weighted by Gasteiger charge is -2.18. The smallest absolute Gasteiger partial charge is 0.322 e. The van der Waals surface area contributed by atoms with Gasteiger partial charge in [-0.25, -0.2) is 4.79 Å². The number of nitrogens with one attached hydrogen (secondary N) is 1. The Labute approximate surface area is 128 Å². The van der Waals surface area contributed by atoms with Crippen LogP contribution in [0.1, 0.15) is 5.56 Å². The number of carbonyl (C=O) groups excluding carboxylic acids is 1. The van der Waals surface area contributed by atoms with Gasteiger partial charge in [-0.15, -0.1) is 0 Å². The van der Waals surface area contributed by atoms with E-state index in [1.807, 2.05) is 30.3 Å². The second-order valence-corrected chi connectivity index (χ2v) is 4.96. The molecule has 0 spiro atoms. The molecule has 5 heteroatoms. The molecule has 1 aliphatic rings. The molecule has 2 amide bonds. The maximum atomic E-state index is 11.8. The first kappa shape index (κ1) is 14.0. The highest BCUT2D eigenvalue weighted by Gasteiger charge is 2.24. The topological polar surface area (TPSA) is 65.4 Å². The lowest BCUT2D eigenvalue weighted by molar-refractivity contribution is 0.252. The third-order valence-corrected chi connectivity index (χ3v) is 3.67. The molecule has 110 valence electrons. The predicted octanol–water partition coefficient (Wildman–Crippen LogP) is 2.76. The van der Waals surface area contributed by atoms with E-state index in [4.69, 9.17) is 10.00 Å². The fourth-order valence-corrected chi connectivity index (χ4v) is 2.52. The van der Waals surface area contributed by atoms with Crippen molar-refractivity contribution in [1.29, 1.82) is 5.26 Å². The van der Waals surface area contributed by atoms with Crippen LogP contribution in [-0.2, 0) is 0 Å². The maximum absolute atomic E-state index is 11.8. The molecular weight excluding hydrogens is 278 g/mol. The second-order valence-electron chi connectivity index (χ2n) is 4.96. The summed E-state index contributed by atoms with van der Waals surface area (Å²) < 4.78 is 5.44. The van der Waals surface area contributed by atoms with Gasteiger partial charge in [-0.2, -0.15) is 5.26 Å². The molecule has 0 bridgehead atoms. The molecule has 3 rings (SSSR count). The number of methoxy groups -OCH3 is 1. The molecule has 1 aliphatic heterocycles. The van der Waals surface area contributed by atoms with Crippen molar-refractivity contribution >= 4 is 11.7 Å². The van der Waals surface area contributed by atoms with Crippen LogP contribution in [-0.4, -0.2) is 26.2 Å². The number of hydrogen-bond acceptors (Lipinski definition) is 3. The van der Waals surface area contributed by atoms with E-state index in [1.54, 1.807) is 24.1 Å². The highest BCUT2D eigenvalue weighted by molar-refractivity contribution is 5.96. The number of rotatable bonds is 3. The summed E-state index contributed by atoms with van der Waals surface area (Å²) in [6.07, 6.45) is 0. The molecule has 2 aromatic carbocycles. The number of amides is 2. The Morgan fingerprint density at radius 3 is 2.50 bits per heavy atom. The molecule has 1 N–H and O–H groups in total. The van der Waals surface area contributed by atoms with Gasteiger partial charge in [0, 0.05) is 13.1 Å². The molecule has 0 aromatic heterocycles. The first-order valence-electron chi connectivity index (χ1n) is 6.97. The first-order chi connectivity index (χ1) is 10.7. The molecule has 2 aromatic rings. The Morgan fingerprint density at radius 2 is 1.91 bits per heavy atom. The van der Waals surface area contributed by atoms with Crippen LogP contribution >= 0.6 is 0 Å². The van der Waals surface area contributed by atoms with Crippen LogP contribution in [0.2, 0.25) is 0 Å². The van der Waals surface area contributed by atoms with Gasteiger partial charge in [0.2, 0.25) is 0 Å². The van der Waals surface area contributed by atoms with Crippen molar-refractivity contribution < 1.29 is 9.53 Å². The summed E-state index contributed by atoms with van der Waals surface area (Å²) in [7, 11) is 1.59. The van der Waals surface area contributed by atoms with Crippen LogP contribution in [0.5, 0.6) is 5.75 Å². The van der Waals surface area contributed by atoms with E-state index in [0.29, 0.717) is 24.4 Å². The highest BCUT2D eigenvalue weighted by Crippen LogP contribution is 2.34. The maximum Gasteiger partial charge on any atom is 0.322 e. The number of carbonyl (C=O) groups is 1. The third kappa shape index (κ3) is 2.47. The molecule has 22 heavy (non-hydrogen) atoms. The molecule has 5 nitrogen and oxygen atoms in total. The number of benzene rings is 2. The van der Waals surface area contributed by atoms with Crippen molar-refractivity contribution in [3.8, 4) is 22.9 Å². The van der Waals surface area contributed by atoms with Crippen molar-refractivity contribution in [1.82, 2.24) is 5.32 Å². The van der Waals surface area contributed by atoms with Crippen molar-refractivity contribution in [2.24, 2.45) is 0 Å². The monoisotopic (exact) mass is 293 g/mol. The van der Waals surface area contributed by atoms with E-state index < -0.39 is 0 Å². The van der Waals surface area contributed by atoms with E-state index in [-0.39, 0.29) is 6.03 Å². The number of nitrogens with zero attached hydrogens (tertiary/aromatic N) is 2. The lowest BCUT2D eigenvalue weighted by atomic mass is 10.0. The largest absolute Gasteiger partial charge is 0.495 e.